The first-order valence-corrected chi connectivity index (χ1v) is 13.9. The van der Waals surface area contributed by atoms with Crippen molar-refractivity contribution in [3.8, 4) is 16.9 Å². The van der Waals surface area contributed by atoms with Gasteiger partial charge in [-0.15, -0.1) is 0 Å². The molecule has 1 N–H and O–H groups in total. The average Bonchev–Trinajstić information content (AvgIpc) is 3.16. The number of rotatable bonds is 4. The minimum absolute atomic E-state index is 0.0358. The van der Waals surface area contributed by atoms with Crippen molar-refractivity contribution >= 4 is 29.0 Å². The van der Waals surface area contributed by atoms with Crippen LogP contribution in [0.5, 0.6) is 5.75 Å². The van der Waals surface area contributed by atoms with Gasteiger partial charge < -0.3 is 10.1 Å². The van der Waals surface area contributed by atoms with Crippen LogP contribution < -0.4 is 15.0 Å². The molecule has 3 aromatic rings. The van der Waals surface area contributed by atoms with Gasteiger partial charge in [0.1, 0.15) is 17.7 Å². The Labute approximate surface area is 229 Å². The largest absolute Gasteiger partial charge is 0.487 e. The summed E-state index contributed by atoms with van der Waals surface area (Å²) in [6.07, 6.45) is 9.53. The lowest BCUT2D eigenvalue weighted by molar-refractivity contribution is 0.209. The van der Waals surface area contributed by atoms with Crippen LogP contribution in [0.4, 0.5) is 20.6 Å². The summed E-state index contributed by atoms with van der Waals surface area (Å²) >= 11 is 5.88. The Morgan fingerprint density at radius 1 is 1.08 bits per heavy atom. The molecule has 2 atom stereocenters. The van der Waals surface area contributed by atoms with Gasteiger partial charge in [-0.1, -0.05) is 60.5 Å². The van der Waals surface area contributed by atoms with Crippen molar-refractivity contribution in [3.63, 3.8) is 0 Å². The van der Waals surface area contributed by atoms with Crippen molar-refractivity contribution in [2.45, 2.75) is 64.4 Å². The van der Waals surface area contributed by atoms with Gasteiger partial charge in [0.05, 0.1) is 17.3 Å². The highest BCUT2D eigenvalue weighted by atomic mass is 35.5. The zero-order chi connectivity index (χ0) is 26.6. The number of nitrogens with zero attached hydrogens (tertiary/aromatic N) is 1. The number of anilines is 2. The first kappa shape index (κ1) is 26.3. The molecule has 4 nitrogen and oxygen atoms in total. The fraction of sp³-hybridized carbons (Fsp3) is 0.344. The topological polar surface area (TPSA) is 41.6 Å². The van der Waals surface area contributed by atoms with Crippen LogP contribution in [-0.4, -0.2) is 18.7 Å². The number of amides is 2. The highest BCUT2D eigenvalue weighted by Crippen LogP contribution is 2.39. The molecule has 0 spiro atoms. The molecule has 2 amide bonds. The molecule has 2 aliphatic rings. The quantitative estimate of drug-likeness (QED) is 0.268. The summed E-state index contributed by atoms with van der Waals surface area (Å²) in [4.78, 5) is 14.8. The predicted molar refractivity (Wildman–Crippen MR) is 154 cm³/mol. The number of benzene rings is 3. The van der Waals surface area contributed by atoms with E-state index in [0.29, 0.717) is 29.6 Å². The van der Waals surface area contributed by atoms with Crippen LogP contribution in [0.25, 0.3) is 11.1 Å². The number of carbonyl (C=O) groups is 1. The van der Waals surface area contributed by atoms with E-state index in [1.165, 1.54) is 55.9 Å². The molecule has 1 fully saturated rings. The van der Waals surface area contributed by atoms with E-state index in [-0.39, 0.29) is 17.2 Å². The molecule has 1 saturated carbocycles. The van der Waals surface area contributed by atoms with Crippen LogP contribution in [0.3, 0.4) is 0 Å². The molecule has 2 unspecified atom stereocenters. The van der Waals surface area contributed by atoms with Gasteiger partial charge in [0.25, 0.3) is 0 Å². The van der Waals surface area contributed by atoms with Crippen LogP contribution in [0.1, 0.15) is 63.9 Å². The number of hydrogen-bond acceptors (Lipinski definition) is 2. The van der Waals surface area contributed by atoms with Crippen LogP contribution in [-0.2, 0) is 0 Å². The van der Waals surface area contributed by atoms with Crippen molar-refractivity contribution in [3.05, 3.63) is 88.7 Å². The summed E-state index contributed by atoms with van der Waals surface area (Å²) in [5.74, 6) is 0.752. The number of fused-ring (bicyclic) bond motifs is 1. The zero-order valence-electron chi connectivity index (χ0n) is 22.0. The molecule has 0 radical (unpaired) electrons. The van der Waals surface area contributed by atoms with Crippen LogP contribution >= 0.6 is 11.6 Å². The maximum absolute atomic E-state index is 13.5. The lowest BCUT2D eigenvalue weighted by Gasteiger charge is -2.33. The SMILES string of the molecule is CCC=C1CCCC(c2ccc(-c3ccc4c(c3)OC(C)CN4C(=O)Nc3ccc(F)c(Cl)c3)cc2)CC1. The Kier molecular flexibility index (Phi) is 8.04. The minimum atomic E-state index is -0.525. The fourth-order valence-corrected chi connectivity index (χ4v) is 5.74. The summed E-state index contributed by atoms with van der Waals surface area (Å²) in [5.41, 5.74) is 6.34. The average molecular weight is 533 g/mol. The van der Waals surface area contributed by atoms with E-state index in [2.05, 4.69) is 42.6 Å². The Morgan fingerprint density at radius 2 is 1.87 bits per heavy atom. The molecule has 1 aliphatic heterocycles. The molecule has 1 heterocycles. The lowest BCUT2D eigenvalue weighted by Crippen LogP contribution is -2.44. The predicted octanol–water partition coefficient (Wildman–Crippen LogP) is 9.35. The molecular weight excluding hydrogens is 499 g/mol. The number of nitrogens with one attached hydrogen (secondary N) is 1. The smallest absolute Gasteiger partial charge is 0.326 e. The van der Waals surface area contributed by atoms with E-state index >= 15 is 0 Å². The van der Waals surface area contributed by atoms with E-state index in [9.17, 15) is 9.18 Å². The molecular formula is C32H34ClFN2O2. The molecule has 0 bridgehead atoms. The van der Waals surface area contributed by atoms with Crippen molar-refractivity contribution in [2.24, 2.45) is 0 Å². The Morgan fingerprint density at radius 3 is 2.63 bits per heavy atom. The van der Waals surface area contributed by atoms with Crippen LogP contribution in [0.15, 0.2) is 72.3 Å². The maximum atomic E-state index is 13.5. The number of carbonyl (C=O) groups excluding carboxylic acids is 1. The number of halogens is 2. The molecule has 198 valence electrons. The first-order chi connectivity index (χ1) is 18.4. The Bertz CT molecular complexity index is 1340. The van der Waals surface area contributed by atoms with Crippen molar-refractivity contribution < 1.29 is 13.9 Å². The van der Waals surface area contributed by atoms with E-state index in [4.69, 9.17) is 16.3 Å². The fourth-order valence-electron chi connectivity index (χ4n) is 5.56. The second-order valence-electron chi connectivity index (χ2n) is 10.3. The normalized spacial score (nSPS) is 20.4. The third-order valence-corrected chi connectivity index (χ3v) is 7.80. The standard InChI is InChI=1S/C32H34ClFN2O2/c1-3-5-22-6-4-7-23(9-8-22)24-10-12-25(13-11-24)26-14-17-30-31(18-26)38-21(2)20-36(30)32(37)35-27-15-16-29(34)28(33)19-27/h5,10-19,21,23H,3-4,6-9,20H2,1-2H3,(H,35,37). The van der Waals surface area contributed by atoms with E-state index < -0.39 is 5.82 Å². The molecule has 1 aliphatic carbocycles. The maximum Gasteiger partial charge on any atom is 0.326 e. The van der Waals surface area contributed by atoms with Gasteiger partial charge in [-0.2, -0.15) is 0 Å². The molecule has 3 aromatic carbocycles. The monoisotopic (exact) mass is 532 g/mol. The van der Waals surface area contributed by atoms with Gasteiger partial charge in [0.2, 0.25) is 0 Å². The third-order valence-electron chi connectivity index (χ3n) is 7.51. The van der Waals surface area contributed by atoms with E-state index in [1.54, 1.807) is 10.5 Å². The number of allylic oxidation sites excluding steroid dienone is 2. The number of hydrogen-bond donors (Lipinski definition) is 1. The second kappa shape index (κ2) is 11.6. The van der Waals surface area contributed by atoms with Crippen LogP contribution in [0.2, 0.25) is 5.02 Å². The second-order valence-corrected chi connectivity index (χ2v) is 10.7. The van der Waals surface area contributed by atoms with Gasteiger partial charge in [-0.25, -0.2) is 9.18 Å². The van der Waals surface area contributed by atoms with Crippen LogP contribution in [0, 0.1) is 5.82 Å². The molecule has 5 rings (SSSR count). The summed E-state index contributed by atoms with van der Waals surface area (Å²) < 4.78 is 19.6. The highest BCUT2D eigenvalue weighted by Gasteiger charge is 2.28. The zero-order valence-corrected chi connectivity index (χ0v) is 22.7. The molecule has 38 heavy (non-hydrogen) atoms. The Hall–Kier alpha value is -3.31. The van der Waals surface area contributed by atoms with Crippen molar-refractivity contribution in [1.29, 1.82) is 0 Å². The van der Waals surface area contributed by atoms with Gasteiger partial charge in [-0.05, 0) is 98.4 Å². The molecule has 0 saturated heterocycles. The molecule has 6 heteroatoms. The first-order valence-electron chi connectivity index (χ1n) is 13.5. The molecule has 0 aromatic heterocycles. The highest BCUT2D eigenvalue weighted by molar-refractivity contribution is 6.31. The minimum Gasteiger partial charge on any atom is -0.487 e. The van der Waals surface area contributed by atoms with Gasteiger partial charge >= 0.3 is 6.03 Å². The van der Waals surface area contributed by atoms with Gasteiger partial charge in [0, 0.05) is 5.69 Å². The summed E-state index contributed by atoms with van der Waals surface area (Å²) in [6, 6.07) is 18.7. The van der Waals surface area contributed by atoms with E-state index in [0.717, 1.165) is 17.5 Å². The summed E-state index contributed by atoms with van der Waals surface area (Å²) in [5, 5.41) is 2.78. The van der Waals surface area contributed by atoms with E-state index in [1.807, 2.05) is 25.1 Å². The number of urea groups is 1. The number of ether oxygens (including phenoxy) is 1. The van der Waals surface area contributed by atoms with Gasteiger partial charge in [0.15, 0.2) is 0 Å². The lowest BCUT2D eigenvalue weighted by atomic mass is 9.90. The van der Waals surface area contributed by atoms with Gasteiger partial charge in [-0.3, -0.25) is 4.90 Å². The summed E-state index contributed by atoms with van der Waals surface area (Å²) in [7, 11) is 0. The van der Waals surface area contributed by atoms with Crippen molar-refractivity contribution in [2.75, 3.05) is 16.8 Å². The Balaban J connectivity index is 1.32. The van der Waals surface area contributed by atoms with Crippen molar-refractivity contribution in [1.82, 2.24) is 0 Å². The third kappa shape index (κ3) is 5.88. The summed E-state index contributed by atoms with van der Waals surface area (Å²) in [6.45, 7) is 4.56.